The van der Waals surface area contributed by atoms with Gasteiger partial charge in [-0.15, -0.1) is 0 Å². The highest BCUT2D eigenvalue weighted by Gasteiger charge is 2.25. The molecule has 1 nitrogen and oxygen atoms in total. The Labute approximate surface area is 104 Å². The van der Waals surface area contributed by atoms with Crippen LogP contribution in [0.15, 0.2) is 0 Å². The lowest BCUT2D eigenvalue weighted by Gasteiger charge is -2.29. The van der Waals surface area contributed by atoms with Gasteiger partial charge in [0.15, 0.2) is 0 Å². The normalized spacial score (nSPS) is 12.0. The van der Waals surface area contributed by atoms with E-state index in [9.17, 15) is 0 Å². The lowest BCUT2D eigenvalue weighted by Crippen LogP contribution is -2.49. The van der Waals surface area contributed by atoms with E-state index in [4.69, 9.17) is 0 Å². The highest BCUT2D eigenvalue weighted by molar-refractivity contribution is 6.77. The minimum absolute atomic E-state index is 1.04. The Morgan fingerprint density at radius 3 is 1.69 bits per heavy atom. The molecule has 0 aliphatic heterocycles. The van der Waals surface area contributed by atoms with Crippen molar-refractivity contribution in [3.05, 3.63) is 0 Å². The maximum Gasteiger partial charge on any atom is 0.124 e. The Hall–Kier alpha value is 0.177. The van der Waals surface area contributed by atoms with Crippen molar-refractivity contribution in [2.75, 3.05) is 6.54 Å². The molecule has 0 heterocycles. The lowest BCUT2D eigenvalue weighted by atomic mass is 10.1. The molecule has 0 aromatic carbocycles. The summed E-state index contributed by atoms with van der Waals surface area (Å²) < 4.78 is 0. The molecule has 0 aromatic heterocycles. The van der Waals surface area contributed by atoms with Crippen molar-refractivity contribution in [1.29, 1.82) is 0 Å². The topological polar surface area (TPSA) is 12.0 Å². The predicted molar refractivity (Wildman–Crippen MR) is 78.6 cm³/mol. The minimum atomic E-state index is -1.04. The van der Waals surface area contributed by atoms with Crippen LogP contribution in [-0.4, -0.2) is 14.8 Å². The van der Waals surface area contributed by atoms with E-state index in [1.165, 1.54) is 63.2 Å². The van der Waals surface area contributed by atoms with Crippen LogP contribution in [0.5, 0.6) is 0 Å². The fourth-order valence-corrected chi connectivity index (χ4v) is 5.34. The SMILES string of the molecule is CCCCCCCCN[Si](CC)(CC)CC. The average Bonchev–Trinajstić information content (AvgIpc) is 2.34. The molecule has 0 aromatic rings. The molecule has 2 heteroatoms. The predicted octanol–water partition coefficient (Wildman–Crippen LogP) is 4.94. The summed E-state index contributed by atoms with van der Waals surface area (Å²) >= 11 is 0. The smallest absolute Gasteiger partial charge is 0.124 e. The van der Waals surface area contributed by atoms with Crippen LogP contribution in [-0.2, 0) is 0 Å². The van der Waals surface area contributed by atoms with Crippen LogP contribution in [0.25, 0.3) is 0 Å². The molecule has 0 unspecified atom stereocenters. The zero-order chi connectivity index (χ0) is 12.3. The molecule has 0 amide bonds. The number of unbranched alkanes of at least 4 members (excludes halogenated alkanes) is 5. The molecule has 98 valence electrons. The van der Waals surface area contributed by atoms with Crippen LogP contribution < -0.4 is 4.98 Å². The van der Waals surface area contributed by atoms with Gasteiger partial charge in [-0.25, -0.2) is 0 Å². The van der Waals surface area contributed by atoms with Gasteiger partial charge < -0.3 is 4.98 Å². The third kappa shape index (κ3) is 6.69. The Balaban J connectivity index is 3.48. The third-order valence-corrected chi connectivity index (χ3v) is 9.12. The van der Waals surface area contributed by atoms with Crippen LogP contribution in [0.1, 0.15) is 66.2 Å². The van der Waals surface area contributed by atoms with Crippen molar-refractivity contribution < 1.29 is 0 Å². The Kier molecular flexibility index (Phi) is 10.5. The van der Waals surface area contributed by atoms with Gasteiger partial charge in [-0.1, -0.05) is 59.8 Å². The molecule has 0 saturated heterocycles. The molecule has 16 heavy (non-hydrogen) atoms. The van der Waals surface area contributed by atoms with Crippen LogP contribution in [0.3, 0.4) is 0 Å². The first-order valence-corrected chi connectivity index (χ1v) is 10.1. The van der Waals surface area contributed by atoms with Crippen molar-refractivity contribution in [3.8, 4) is 0 Å². The molecule has 0 aliphatic carbocycles. The van der Waals surface area contributed by atoms with Gasteiger partial charge in [0.2, 0.25) is 0 Å². The van der Waals surface area contributed by atoms with Gasteiger partial charge in [0.05, 0.1) is 0 Å². The van der Waals surface area contributed by atoms with E-state index < -0.39 is 8.24 Å². The average molecular weight is 244 g/mol. The first-order chi connectivity index (χ1) is 7.74. The first-order valence-electron chi connectivity index (χ1n) is 7.49. The highest BCUT2D eigenvalue weighted by atomic mass is 28.3. The van der Waals surface area contributed by atoms with Crippen molar-refractivity contribution in [3.63, 3.8) is 0 Å². The van der Waals surface area contributed by atoms with E-state index in [0.717, 1.165) is 0 Å². The van der Waals surface area contributed by atoms with Gasteiger partial charge >= 0.3 is 0 Å². The molecular formula is C14H33NSi. The van der Waals surface area contributed by atoms with E-state index in [1.54, 1.807) is 0 Å². The van der Waals surface area contributed by atoms with Crippen molar-refractivity contribution in [2.24, 2.45) is 0 Å². The summed E-state index contributed by atoms with van der Waals surface area (Å²) in [7, 11) is -1.04. The van der Waals surface area contributed by atoms with E-state index in [2.05, 4.69) is 32.7 Å². The highest BCUT2D eigenvalue weighted by Crippen LogP contribution is 2.16. The molecule has 0 spiro atoms. The molecule has 0 fully saturated rings. The van der Waals surface area contributed by atoms with Gasteiger partial charge in [0.25, 0.3) is 0 Å². The summed E-state index contributed by atoms with van der Waals surface area (Å²) in [6, 6.07) is 4.20. The second-order valence-electron chi connectivity index (χ2n) is 5.04. The van der Waals surface area contributed by atoms with Gasteiger partial charge in [0.1, 0.15) is 8.24 Å². The largest absolute Gasteiger partial charge is 0.337 e. The van der Waals surface area contributed by atoms with Crippen LogP contribution >= 0.6 is 0 Å². The molecule has 0 atom stereocenters. The molecule has 1 N–H and O–H groups in total. The first kappa shape index (κ1) is 16.2. The van der Waals surface area contributed by atoms with Crippen LogP contribution in [0, 0.1) is 0 Å². The van der Waals surface area contributed by atoms with E-state index in [-0.39, 0.29) is 0 Å². The molecule has 0 radical (unpaired) electrons. The quantitative estimate of drug-likeness (QED) is 0.400. The van der Waals surface area contributed by atoms with Gasteiger partial charge in [-0.3, -0.25) is 0 Å². The molecule has 0 bridgehead atoms. The monoisotopic (exact) mass is 243 g/mol. The van der Waals surface area contributed by atoms with Crippen molar-refractivity contribution >= 4 is 8.24 Å². The number of nitrogens with one attached hydrogen (secondary N) is 1. The van der Waals surface area contributed by atoms with Crippen LogP contribution in [0.2, 0.25) is 18.1 Å². The van der Waals surface area contributed by atoms with Gasteiger partial charge in [0, 0.05) is 0 Å². The van der Waals surface area contributed by atoms with Crippen molar-refractivity contribution in [1.82, 2.24) is 4.98 Å². The van der Waals surface area contributed by atoms with Crippen molar-refractivity contribution in [2.45, 2.75) is 84.4 Å². The molecule has 0 saturated carbocycles. The summed E-state index contributed by atoms with van der Waals surface area (Å²) in [5, 5.41) is 0. The second-order valence-corrected chi connectivity index (χ2v) is 10.1. The maximum absolute atomic E-state index is 3.91. The molecular weight excluding hydrogens is 210 g/mol. The zero-order valence-corrected chi connectivity index (χ0v) is 13.1. The molecule has 0 aliphatic rings. The summed E-state index contributed by atoms with van der Waals surface area (Å²) in [4.78, 5) is 3.91. The fraction of sp³-hybridized carbons (Fsp3) is 1.00. The van der Waals surface area contributed by atoms with Crippen LogP contribution in [0.4, 0.5) is 0 Å². The maximum atomic E-state index is 3.91. The second kappa shape index (κ2) is 10.3. The summed E-state index contributed by atoms with van der Waals surface area (Å²) in [6.07, 6.45) is 8.47. The van der Waals surface area contributed by atoms with Gasteiger partial charge in [-0.2, -0.15) is 0 Å². The summed E-state index contributed by atoms with van der Waals surface area (Å²) in [5.41, 5.74) is 0. The standard InChI is InChI=1S/C14H33NSi/c1-5-9-10-11-12-13-14-15-16(6-2,7-3)8-4/h15H,5-14H2,1-4H3. The van der Waals surface area contributed by atoms with E-state index >= 15 is 0 Å². The van der Waals surface area contributed by atoms with E-state index in [1.807, 2.05) is 0 Å². The number of hydrogen-bond acceptors (Lipinski definition) is 1. The summed E-state index contributed by atoms with van der Waals surface area (Å²) in [6.45, 7) is 10.7. The Morgan fingerprint density at radius 2 is 1.19 bits per heavy atom. The number of hydrogen-bond donors (Lipinski definition) is 1. The minimum Gasteiger partial charge on any atom is -0.337 e. The lowest BCUT2D eigenvalue weighted by molar-refractivity contribution is 0.601. The van der Waals surface area contributed by atoms with Gasteiger partial charge in [-0.05, 0) is 31.1 Å². The Bertz CT molecular complexity index is 135. The third-order valence-electron chi connectivity index (χ3n) is 4.06. The number of rotatable bonds is 11. The Morgan fingerprint density at radius 1 is 0.688 bits per heavy atom. The zero-order valence-electron chi connectivity index (χ0n) is 12.1. The summed E-state index contributed by atoms with van der Waals surface area (Å²) in [5.74, 6) is 0. The molecule has 0 rings (SSSR count). The van der Waals surface area contributed by atoms with E-state index in [0.29, 0.717) is 0 Å². The fourth-order valence-electron chi connectivity index (χ4n) is 2.38.